The van der Waals surface area contributed by atoms with Crippen molar-refractivity contribution in [1.29, 1.82) is 0 Å². The monoisotopic (exact) mass is 384 g/mol. The lowest BCUT2D eigenvalue weighted by Crippen LogP contribution is -2.29. The number of carbonyl (C=O) groups is 2. The topological polar surface area (TPSA) is 72.8 Å². The summed E-state index contributed by atoms with van der Waals surface area (Å²) in [5, 5.41) is 9.91. The highest BCUT2D eigenvalue weighted by molar-refractivity contribution is 5.95. The summed E-state index contributed by atoms with van der Waals surface area (Å²) < 4.78 is 11.2. The van der Waals surface area contributed by atoms with Crippen molar-refractivity contribution >= 4 is 11.8 Å². The third-order valence-electron chi connectivity index (χ3n) is 4.67. The fourth-order valence-corrected chi connectivity index (χ4v) is 2.71. The fraction of sp³-hybridized carbons (Fsp3) is 0.391. The second kappa shape index (κ2) is 8.91. The van der Waals surface area contributed by atoms with Crippen LogP contribution in [-0.2, 0) is 4.79 Å². The number of aromatic hydroxyl groups is 1. The van der Waals surface area contributed by atoms with Crippen molar-refractivity contribution in [2.45, 2.75) is 47.5 Å². The highest BCUT2D eigenvalue weighted by Crippen LogP contribution is 2.31. The molecule has 28 heavy (non-hydrogen) atoms. The van der Waals surface area contributed by atoms with Crippen LogP contribution in [-0.4, -0.2) is 23.5 Å². The number of esters is 1. The molecule has 0 aromatic heterocycles. The molecule has 0 unspecified atom stereocenters. The summed E-state index contributed by atoms with van der Waals surface area (Å²) in [4.78, 5) is 24.1. The lowest BCUT2D eigenvalue weighted by Gasteiger charge is -2.23. The molecule has 2 aromatic rings. The van der Waals surface area contributed by atoms with E-state index in [-0.39, 0.29) is 17.3 Å². The molecule has 0 saturated heterocycles. The SMILES string of the molecule is CC(=O)c1ccc(O)c(OC(=O)C(C)(C)CCCOc2cc(C)ccc2C)c1. The Bertz CT molecular complexity index is 867. The number of rotatable bonds is 8. The van der Waals surface area contributed by atoms with Gasteiger partial charge in [0.05, 0.1) is 12.0 Å². The molecule has 2 rings (SSSR count). The van der Waals surface area contributed by atoms with Gasteiger partial charge in [0, 0.05) is 5.56 Å². The van der Waals surface area contributed by atoms with Crippen LogP contribution in [0.1, 0.15) is 55.1 Å². The summed E-state index contributed by atoms with van der Waals surface area (Å²) >= 11 is 0. The van der Waals surface area contributed by atoms with Gasteiger partial charge in [-0.1, -0.05) is 12.1 Å². The van der Waals surface area contributed by atoms with Gasteiger partial charge >= 0.3 is 5.97 Å². The maximum Gasteiger partial charge on any atom is 0.317 e. The molecule has 0 aliphatic rings. The van der Waals surface area contributed by atoms with E-state index in [1.165, 1.54) is 25.1 Å². The number of ketones is 1. The molecule has 1 N–H and O–H groups in total. The normalized spacial score (nSPS) is 11.2. The largest absolute Gasteiger partial charge is 0.504 e. The van der Waals surface area contributed by atoms with Gasteiger partial charge in [-0.3, -0.25) is 9.59 Å². The second-order valence-corrected chi connectivity index (χ2v) is 7.73. The van der Waals surface area contributed by atoms with Gasteiger partial charge in [-0.05, 0) is 82.9 Å². The first-order valence-corrected chi connectivity index (χ1v) is 9.36. The third-order valence-corrected chi connectivity index (χ3v) is 4.67. The first-order chi connectivity index (χ1) is 13.1. The minimum atomic E-state index is -0.760. The van der Waals surface area contributed by atoms with Crippen LogP contribution in [0.3, 0.4) is 0 Å². The van der Waals surface area contributed by atoms with Crippen molar-refractivity contribution in [3.05, 3.63) is 53.1 Å². The van der Waals surface area contributed by atoms with Crippen molar-refractivity contribution < 1.29 is 24.2 Å². The number of carbonyl (C=O) groups excluding carboxylic acids is 2. The molecule has 2 aromatic carbocycles. The molecule has 0 spiro atoms. The van der Waals surface area contributed by atoms with E-state index >= 15 is 0 Å². The number of aryl methyl sites for hydroxylation is 2. The first-order valence-electron chi connectivity index (χ1n) is 9.36. The summed E-state index contributed by atoms with van der Waals surface area (Å²) in [6.45, 7) is 9.50. The number of hydrogen-bond donors (Lipinski definition) is 1. The molecule has 0 saturated carbocycles. The molecule has 5 nitrogen and oxygen atoms in total. The van der Waals surface area contributed by atoms with E-state index < -0.39 is 11.4 Å². The van der Waals surface area contributed by atoms with Crippen LogP contribution >= 0.6 is 0 Å². The molecule has 0 aliphatic carbocycles. The summed E-state index contributed by atoms with van der Waals surface area (Å²) in [6.07, 6.45) is 1.23. The molecule has 0 amide bonds. The van der Waals surface area contributed by atoms with Gasteiger partial charge in [-0.15, -0.1) is 0 Å². The number of ether oxygens (including phenoxy) is 2. The Morgan fingerprint density at radius 2 is 1.75 bits per heavy atom. The lowest BCUT2D eigenvalue weighted by atomic mass is 9.88. The zero-order chi connectivity index (χ0) is 20.9. The molecule has 0 bridgehead atoms. The van der Waals surface area contributed by atoms with E-state index in [0.717, 1.165) is 16.9 Å². The van der Waals surface area contributed by atoms with Gasteiger partial charge in [0.2, 0.25) is 0 Å². The Balaban J connectivity index is 1.93. The zero-order valence-electron chi connectivity index (χ0n) is 17.2. The average molecular weight is 384 g/mol. The number of benzene rings is 2. The lowest BCUT2D eigenvalue weighted by molar-refractivity contribution is -0.144. The van der Waals surface area contributed by atoms with Gasteiger partial charge < -0.3 is 14.6 Å². The zero-order valence-corrected chi connectivity index (χ0v) is 17.2. The molecule has 0 fully saturated rings. The summed E-state index contributed by atoms with van der Waals surface area (Å²) in [5.74, 6) is 0.0477. The van der Waals surface area contributed by atoms with Crippen LogP contribution in [0, 0.1) is 19.3 Å². The Morgan fingerprint density at radius 1 is 1.04 bits per heavy atom. The van der Waals surface area contributed by atoms with E-state index in [9.17, 15) is 14.7 Å². The van der Waals surface area contributed by atoms with Gasteiger partial charge in [0.25, 0.3) is 0 Å². The first kappa shape index (κ1) is 21.5. The Hall–Kier alpha value is -2.82. The van der Waals surface area contributed by atoms with Crippen molar-refractivity contribution in [2.24, 2.45) is 5.41 Å². The number of phenolic OH excluding ortho intramolecular Hbond substituents is 1. The predicted molar refractivity (Wildman–Crippen MR) is 108 cm³/mol. The standard InChI is InChI=1S/C23H28O5/c1-15-7-8-16(2)20(13-15)27-12-6-11-23(4,5)22(26)28-21-14-18(17(3)24)9-10-19(21)25/h7-10,13-14,25H,6,11-12H2,1-5H3. The van der Waals surface area contributed by atoms with Crippen LogP contribution in [0.5, 0.6) is 17.2 Å². The van der Waals surface area contributed by atoms with Gasteiger partial charge in [0.15, 0.2) is 17.3 Å². The van der Waals surface area contributed by atoms with Gasteiger partial charge in [0.1, 0.15) is 5.75 Å². The minimum absolute atomic E-state index is 0.00240. The van der Waals surface area contributed by atoms with Crippen LogP contribution in [0.4, 0.5) is 0 Å². The molecule has 0 aliphatic heterocycles. The smallest absolute Gasteiger partial charge is 0.317 e. The molecule has 0 heterocycles. The van der Waals surface area contributed by atoms with E-state index in [2.05, 4.69) is 0 Å². The quantitative estimate of drug-likeness (QED) is 0.300. The maximum absolute atomic E-state index is 12.6. The van der Waals surface area contributed by atoms with Gasteiger partial charge in [-0.25, -0.2) is 0 Å². The van der Waals surface area contributed by atoms with Crippen LogP contribution in [0.25, 0.3) is 0 Å². The molecule has 0 radical (unpaired) electrons. The molecule has 5 heteroatoms. The highest BCUT2D eigenvalue weighted by Gasteiger charge is 2.30. The third kappa shape index (κ3) is 5.59. The molecular formula is C23H28O5. The van der Waals surface area contributed by atoms with E-state index in [4.69, 9.17) is 9.47 Å². The molecule has 150 valence electrons. The average Bonchev–Trinajstić information content (AvgIpc) is 2.63. The van der Waals surface area contributed by atoms with Crippen LogP contribution in [0.15, 0.2) is 36.4 Å². The van der Waals surface area contributed by atoms with E-state index in [1.54, 1.807) is 13.8 Å². The number of Topliss-reactive ketones (excluding diaryl/α,β-unsaturated/α-hetero) is 1. The molecular weight excluding hydrogens is 356 g/mol. The highest BCUT2D eigenvalue weighted by atomic mass is 16.5. The summed E-state index contributed by atoms with van der Waals surface area (Å²) in [7, 11) is 0. The fourth-order valence-electron chi connectivity index (χ4n) is 2.71. The predicted octanol–water partition coefficient (Wildman–Crippen LogP) is 5.00. The van der Waals surface area contributed by atoms with E-state index in [0.29, 0.717) is 25.0 Å². The second-order valence-electron chi connectivity index (χ2n) is 7.73. The number of hydrogen-bond acceptors (Lipinski definition) is 5. The maximum atomic E-state index is 12.6. The van der Waals surface area contributed by atoms with Crippen LogP contribution in [0.2, 0.25) is 0 Å². The summed E-state index contributed by atoms with van der Waals surface area (Å²) in [5.41, 5.74) is 1.83. The molecule has 0 atom stereocenters. The Labute approximate surface area is 166 Å². The van der Waals surface area contributed by atoms with Gasteiger partial charge in [-0.2, -0.15) is 0 Å². The van der Waals surface area contributed by atoms with Crippen molar-refractivity contribution in [1.82, 2.24) is 0 Å². The summed E-state index contributed by atoms with van der Waals surface area (Å²) in [6, 6.07) is 10.3. The van der Waals surface area contributed by atoms with Crippen molar-refractivity contribution in [3.8, 4) is 17.2 Å². The Kier molecular flexibility index (Phi) is 6.84. The van der Waals surface area contributed by atoms with Crippen LogP contribution < -0.4 is 9.47 Å². The van der Waals surface area contributed by atoms with Crippen molar-refractivity contribution in [3.63, 3.8) is 0 Å². The van der Waals surface area contributed by atoms with E-state index in [1.807, 2.05) is 32.0 Å². The number of phenols is 1. The van der Waals surface area contributed by atoms with Crippen molar-refractivity contribution in [2.75, 3.05) is 6.61 Å². The minimum Gasteiger partial charge on any atom is -0.504 e. The Morgan fingerprint density at radius 3 is 2.43 bits per heavy atom.